The van der Waals surface area contributed by atoms with Crippen molar-refractivity contribution >= 4 is 28.4 Å². The van der Waals surface area contributed by atoms with Crippen molar-refractivity contribution in [1.29, 1.82) is 0 Å². The van der Waals surface area contributed by atoms with Gasteiger partial charge in [0.2, 0.25) is 5.91 Å². The van der Waals surface area contributed by atoms with Gasteiger partial charge >= 0.3 is 6.03 Å². The molecule has 0 bridgehead atoms. The van der Waals surface area contributed by atoms with Crippen molar-refractivity contribution in [3.05, 3.63) is 41.2 Å². The molecule has 0 saturated carbocycles. The van der Waals surface area contributed by atoms with Crippen molar-refractivity contribution in [3.63, 3.8) is 0 Å². The number of nitrogens with one attached hydrogen (secondary N) is 2. The first kappa shape index (κ1) is 19.8. The van der Waals surface area contributed by atoms with Crippen molar-refractivity contribution < 1.29 is 9.59 Å². The van der Waals surface area contributed by atoms with Crippen LogP contribution in [0.25, 0.3) is 0 Å². The Bertz CT molecular complexity index is 835. The average Bonchev–Trinajstić information content (AvgIpc) is 3.18. The summed E-state index contributed by atoms with van der Waals surface area (Å²) >= 11 is 1.41. The number of rotatable bonds is 6. The summed E-state index contributed by atoms with van der Waals surface area (Å²) in [5.41, 5.74) is 1.80. The predicted octanol–water partition coefficient (Wildman–Crippen LogP) is 1.78. The molecule has 0 atom stereocenters. The van der Waals surface area contributed by atoms with E-state index in [1.165, 1.54) is 11.3 Å². The Hall–Kier alpha value is -2.52. The van der Waals surface area contributed by atoms with Crippen LogP contribution in [-0.2, 0) is 17.8 Å². The number of urea groups is 1. The molecule has 0 radical (unpaired) electrons. The molecule has 4 heterocycles. The number of carbonyl (C=O) groups is 2. The van der Waals surface area contributed by atoms with Crippen LogP contribution in [0.15, 0.2) is 29.8 Å². The zero-order chi connectivity index (χ0) is 20.1. The third-order valence-electron chi connectivity index (χ3n) is 5.26. The molecule has 4 rings (SSSR count). The van der Waals surface area contributed by atoms with Crippen molar-refractivity contribution in [2.24, 2.45) is 0 Å². The minimum atomic E-state index is -0.112. The fraction of sp³-hybridized carbons (Fsp3) is 0.500. The zero-order valence-corrected chi connectivity index (χ0v) is 17.2. The van der Waals surface area contributed by atoms with Gasteiger partial charge in [0.25, 0.3) is 0 Å². The van der Waals surface area contributed by atoms with Gasteiger partial charge in [-0.3, -0.25) is 19.6 Å². The zero-order valence-electron chi connectivity index (χ0n) is 16.3. The number of amides is 3. The van der Waals surface area contributed by atoms with Gasteiger partial charge in [-0.05, 0) is 31.4 Å². The van der Waals surface area contributed by atoms with E-state index in [0.717, 1.165) is 44.6 Å². The molecular weight excluding hydrogens is 388 g/mol. The molecule has 2 N–H and O–H groups in total. The molecule has 2 aromatic rings. The van der Waals surface area contributed by atoms with Gasteiger partial charge in [-0.25, -0.2) is 9.78 Å². The van der Waals surface area contributed by atoms with Gasteiger partial charge in [0, 0.05) is 50.3 Å². The number of nitrogens with zero attached hydrogens (tertiary/aromatic N) is 4. The van der Waals surface area contributed by atoms with Crippen molar-refractivity contribution in [2.75, 3.05) is 31.1 Å². The van der Waals surface area contributed by atoms with Crippen molar-refractivity contribution in [3.8, 4) is 0 Å². The summed E-state index contributed by atoms with van der Waals surface area (Å²) in [6.07, 6.45) is 4.86. The SMILES string of the molecule is O=C(Cc1csc(N2CCCNC2=O)n1)NC1CCN(Cc2ccccn2)CC1. The summed E-state index contributed by atoms with van der Waals surface area (Å²) in [5.74, 6) is -0.00637. The lowest BCUT2D eigenvalue weighted by molar-refractivity contribution is -0.121. The molecule has 0 aromatic carbocycles. The minimum absolute atomic E-state index is 0.00637. The van der Waals surface area contributed by atoms with E-state index in [1.54, 1.807) is 4.90 Å². The third kappa shape index (κ3) is 5.30. The Morgan fingerprint density at radius 2 is 2.10 bits per heavy atom. The second kappa shape index (κ2) is 9.32. The van der Waals surface area contributed by atoms with Crippen LogP contribution >= 0.6 is 11.3 Å². The normalized spacial score (nSPS) is 18.5. The Morgan fingerprint density at radius 1 is 1.24 bits per heavy atom. The predicted molar refractivity (Wildman–Crippen MR) is 112 cm³/mol. The van der Waals surface area contributed by atoms with Crippen LogP contribution in [0.5, 0.6) is 0 Å². The molecule has 2 aliphatic rings. The van der Waals surface area contributed by atoms with Crippen molar-refractivity contribution in [1.82, 2.24) is 25.5 Å². The van der Waals surface area contributed by atoms with E-state index in [1.807, 2.05) is 29.8 Å². The molecule has 2 aromatic heterocycles. The number of pyridine rings is 1. The number of piperidine rings is 1. The number of carbonyl (C=O) groups excluding carboxylic acids is 2. The summed E-state index contributed by atoms with van der Waals surface area (Å²) in [4.78, 5) is 37.3. The fourth-order valence-corrected chi connectivity index (χ4v) is 4.56. The molecule has 0 spiro atoms. The maximum atomic E-state index is 12.4. The average molecular weight is 415 g/mol. The van der Waals surface area contributed by atoms with Crippen LogP contribution in [0, 0.1) is 0 Å². The maximum absolute atomic E-state index is 12.4. The number of hydrogen-bond donors (Lipinski definition) is 2. The number of thiazole rings is 1. The van der Waals surface area contributed by atoms with Gasteiger partial charge in [-0.15, -0.1) is 11.3 Å². The Labute approximate surface area is 174 Å². The van der Waals surface area contributed by atoms with E-state index in [2.05, 4.69) is 25.5 Å². The summed E-state index contributed by atoms with van der Waals surface area (Å²) in [7, 11) is 0. The third-order valence-corrected chi connectivity index (χ3v) is 6.17. The van der Waals surface area contributed by atoms with E-state index in [4.69, 9.17) is 0 Å². The molecule has 154 valence electrons. The Morgan fingerprint density at radius 3 is 2.86 bits per heavy atom. The van der Waals surface area contributed by atoms with Gasteiger partial charge in [0.05, 0.1) is 17.8 Å². The summed E-state index contributed by atoms with van der Waals surface area (Å²) in [6.45, 7) is 4.13. The highest BCUT2D eigenvalue weighted by molar-refractivity contribution is 7.14. The molecule has 2 saturated heterocycles. The molecule has 2 fully saturated rings. The highest BCUT2D eigenvalue weighted by Crippen LogP contribution is 2.22. The second-order valence-electron chi connectivity index (χ2n) is 7.47. The van der Waals surface area contributed by atoms with E-state index in [-0.39, 0.29) is 24.4 Å². The maximum Gasteiger partial charge on any atom is 0.323 e. The van der Waals surface area contributed by atoms with Crippen LogP contribution < -0.4 is 15.5 Å². The first-order valence-electron chi connectivity index (χ1n) is 10.1. The molecule has 0 aliphatic carbocycles. The first-order valence-corrected chi connectivity index (χ1v) is 11.0. The van der Waals surface area contributed by atoms with E-state index < -0.39 is 0 Å². The first-order chi connectivity index (χ1) is 14.2. The lowest BCUT2D eigenvalue weighted by Crippen LogP contribution is -2.46. The molecule has 29 heavy (non-hydrogen) atoms. The quantitative estimate of drug-likeness (QED) is 0.752. The molecule has 3 amide bonds. The Balaban J connectivity index is 1.22. The van der Waals surface area contributed by atoms with E-state index in [0.29, 0.717) is 23.9 Å². The van der Waals surface area contributed by atoms with Crippen LogP contribution in [-0.4, -0.2) is 59.0 Å². The van der Waals surface area contributed by atoms with Crippen LogP contribution in [0.2, 0.25) is 0 Å². The molecule has 2 aliphatic heterocycles. The minimum Gasteiger partial charge on any atom is -0.353 e. The summed E-state index contributed by atoms with van der Waals surface area (Å²) < 4.78 is 0. The highest BCUT2D eigenvalue weighted by Gasteiger charge is 2.24. The second-order valence-corrected chi connectivity index (χ2v) is 8.31. The van der Waals surface area contributed by atoms with E-state index in [9.17, 15) is 9.59 Å². The molecular formula is C20H26N6O2S. The van der Waals surface area contributed by atoms with Gasteiger partial charge in [0.1, 0.15) is 0 Å². The van der Waals surface area contributed by atoms with Gasteiger partial charge in [-0.1, -0.05) is 6.07 Å². The lowest BCUT2D eigenvalue weighted by Gasteiger charge is -2.32. The topological polar surface area (TPSA) is 90.5 Å². The Kier molecular flexibility index (Phi) is 6.36. The number of aromatic nitrogens is 2. The fourth-order valence-electron chi connectivity index (χ4n) is 3.71. The molecule has 8 nitrogen and oxygen atoms in total. The largest absolute Gasteiger partial charge is 0.353 e. The standard InChI is InChI=1S/C20H26N6O2S/c27-18(12-17-14-29-20(24-17)26-9-3-8-22-19(26)28)23-15-5-10-25(11-6-15)13-16-4-1-2-7-21-16/h1-2,4,7,14-15H,3,5-6,8-13H2,(H,22,28)(H,23,27). The van der Waals surface area contributed by atoms with Gasteiger partial charge < -0.3 is 10.6 Å². The number of hydrogen-bond acceptors (Lipinski definition) is 6. The van der Waals surface area contributed by atoms with E-state index >= 15 is 0 Å². The molecule has 0 unspecified atom stereocenters. The van der Waals surface area contributed by atoms with Crippen molar-refractivity contribution in [2.45, 2.75) is 38.3 Å². The summed E-state index contributed by atoms with van der Waals surface area (Å²) in [5, 5.41) is 8.49. The van der Waals surface area contributed by atoms with Gasteiger partial charge in [-0.2, -0.15) is 0 Å². The van der Waals surface area contributed by atoms with Crippen LogP contribution in [0.1, 0.15) is 30.7 Å². The molecule has 9 heteroatoms. The van der Waals surface area contributed by atoms with Crippen LogP contribution in [0.4, 0.5) is 9.93 Å². The highest BCUT2D eigenvalue weighted by atomic mass is 32.1. The number of anilines is 1. The summed E-state index contributed by atoms with van der Waals surface area (Å²) in [6, 6.07) is 6.07. The lowest BCUT2D eigenvalue weighted by atomic mass is 10.0. The monoisotopic (exact) mass is 414 g/mol. The smallest absolute Gasteiger partial charge is 0.323 e. The van der Waals surface area contributed by atoms with Gasteiger partial charge in [0.15, 0.2) is 5.13 Å². The number of likely N-dealkylation sites (tertiary alicyclic amines) is 1. The van der Waals surface area contributed by atoms with Crippen LogP contribution in [0.3, 0.4) is 0 Å².